The molecule has 2 rings (SSSR count). The van der Waals surface area contributed by atoms with Gasteiger partial charge in [0.05, 0.1) is 12.5 Å². The molecule has 0 saturated carbocycles. The van der Waals surface area contributed by atoms with Crippen molar-refractivity contribution < 1.29 is 9.53 Å². The van der Waals surface area contributed by atoms with Gasteiger partial charge in [-0.3, -0.25) is 4.79 Å². The van der Waals surface area contributed by atoms with E-state index in [0.29, 0.717) is 18.3 Å². The highest BCUT2D eigenvalue weighted by atomic mass is 35.5. The highest BCUT2D eigenvalue weighted by molar-refractivity contribution is 7.14. The van der Waals surface area contributed by atoms with Crippen molar-refractivity contribution in [2.45, 2.75) is 19.8 Å². The van der Waals surface area contributed by atoms with Crippen LogP contribution < -0.4 is 4.90 Å². The Hall–Kier alpha value is -0.810. The quantitative estimate of drug-likeness (QED) is 0.795. The van der Waals surface area contributed by atoms with Crippen LogP contribution in [0, 0.1) is 5.92 Å². The Kier molecular flexibility index (Phi) is 4.23. The third kappa shape index (κ3) is 3.10. The van der Waals surface area contributed by atoms with Gasteiger partial charge in [0.2, 0.25) is 0 Å². The summed E-state index contributed by atoms with van der Waals surface area (Å²) < 4.78 is 5.06. The molecule has 1 aliphatic heterocycles. The van der Waals surface area contributed by atoms with Crippen molar-refractivity contribution in [3.05, 3.63) is 10.5 Å². The second-order valence-corrected chi connectivity index (χ2v) is 5.21. The molecule has 0 radical (unpaired) electrons. The van der Waals surface area contributed by atoms with Gasteiger partial charge in [-0.2, -0.15) is 0 Å². The van der Waals surface area contributed by atoms with Crippen LogP contribution in [-0.2, 0) is 9.53 Å². The minimum absolute atomic E-state index is 0.0358. The minimum Gasteiger partial charge on any atom is -0.466 e. The van der Waals surface area contributed by atoms with Gasteiger partial charge in [-0.15, -0.1) is 11.3 Å². The largest absolute Gasteiger partial charge is 0.466 e. The van der Waals surface area contributed by atoms with E-state index in [1.807, 2.05) is 12.3 Å². The van der Waals surface area contributed by atoms with Crippen LogP contribution in [0.15, 0.2) is 5.38 Å². The van der Waals surface area contributed by atoms with Crippen LogP contribution in [0.3, 0.4) is 0 Å². The van der Waals surface area contributed by atoms with E-state index in [9.17, 15) is 4.79 Å². The lowest BCUT2D eigenvalue weighted by atomic mass is 9.99. The van der Waals surface area contributed by atoms with Crippen molar-refractivity contribution in [1.29, 1.82) is 0 Å². The summed E-state index contributed by atoms with van der Waals surface area (Å²) in [6.45, 7) is 3.89. The normalized spacial score (nSPS) is 20.4. The Balaban J connectivity index is 1.99. The molecule has 1 fully saturated rings. The lowest BCUT2D eigenvalue weighted by Gasteiger charge is -2.31. The number of thiazole rings is 1. The van der Waals surface area contributed by atoms with Crippen molar-refractivity contribution in [1.82, 2.24) is 4.98 Å². The number of rotatable bonds is 3. The summed E-state index contributed by atoms with van der Waals surface area (Å²) in [6.07, 6.45) is 1.88. The number of esters is 1. The molecule has 0 aliphatic carbocycles. The van der Waals surface area contributed by atoms with Crippen LogP contribution in [0.1, 0.15) is 19.8 Å². The number of carbonyl (C=O) groups excluding carboxylic acids is 1. The minimum atomic E-state index is -0.0974. The predicted molar refractivity (Wildman–Crippen MR) is 68.7 cm³/mol. The zero-order valence-corrected chi connectivity index (χ0v) is 11.3. The SMILES string of the molecule is CCOC(=O)C1CCCN(c2nc(Cl)cs2)C1. The number of aromatic nitrogens is 1. The Bertz CT molecular complexity index is 397. The monoisotopic (exact) mass is 274 g/mol. The fraction of sp³-hybridized carbons (Fsp3) is 0.636. The number of ether oxygens (including phenoxy) is 1. The number of carbonyl (C=O) groups is 1. The van der Waals surface area contributed by atoms with Crippen molar-refractivity contribution in [2.75, 3.05) is 24.6 Å². The molecule has 6 heteroatoms. The van der Waals surface area contributed by atoms with Crippen molar-refractivity contribution >= 4 is 34.0 Å². The van der Waals surface area contributed by atoms with E-state index in [0.717, 1.165) is 24.5 Å². The molecular weight excluding hydrogens is 260 g/mol. The molecule has 1 atom stereocenters. The summed E-state index contributed by atoms with van der Waals surface area (Å²) in [5.74, 6) is -0.133. The third-order valence-electron chi connectivity index (χ3n) is 2.78. The van der Waals surface area contributed by atoms with Crippen molar-refractivity contribution in [2.24, 2.45) is 5.92 Å². The van der Waals surface area contributed by atoms with E-state index in [4.69, 9.17) is 16.3 Å². The Morgan fingerprint density at radius 1 is 1.76 bits per heavy atom. The molecule has 1 aliphatic rings. The lowest BCUT2D eigenvalue weighted by Crippen LogP contribution is -2.39. The Morgan fingerprint density at radius 2 is 2.59 bits per heavy atom. The van der Waals surface area contributed by atoms with Gasteiger partial charge in [0.25, 0.3) is 0 Å². The molecule has 94 valence electrons. The standard InChI is InChI=1S/C11H15ClN2O2S/c1-2-16-10(15)8-4-3-5-14(6-8)11-13-9(12)7-17-11/h7-8H,2-6H2,1H3. The van der Waals surface area contributed by atoms with Crippen LogP contribution >= 0.6 is 22.9 Å². The fourth-order valence-corrected chi connectivity index (χ4v) is 2.98. The first kappa shape index (κ1) is 12.6. The van der Waals surface area contributed by atoms with Gasteiger partial charge >= 0.3 is 5.97 Å². The third-order valence-corrected chi connectivity index (χ3v) is 4.00. The number of hydrogen-bond donors (Lipinski definition) is 0. The highest BCUT2D eigenvalue weighted by Crippen LogP contribution is 2.28. The summed E-state index contributed by atoms with van der Waals surface area (Å²) in [5.41, 5.74) is 0. The summed E-state index contributed by atoms with van der Waals surface area (Å²) in [7, 11) is 0. The number of anilines is 1. The molecule has 0 bridgehead atoms. The molecule has 0 amide bonds. The van der Waals surface area contributed by atoms with Gasteiger partial charge in [-0.1, -0.05) is 11.6 Å². The van der Waals surface area contributed by atoms with E-state index in [-0.39, 0.29) is 11.9 Å². The molecule has 1 unspecified atom stereocenters. The second kappa shape index (κ2) is 5.69. The molecule has 0 aromatic carbocycles. The molecule has 0 spiro atoms. The van der Waals surface area contributed by atoms with Crippen LogP contribution in [0.4, 0.5) is 5.13 Å². The maximum atomic E-state index is 11.7. The molecular formula is C11H15ClN2O2S. The van der Waals surface area contributed by atoms with Gasteiger partial charge in [-0.25, -0.2) is 4.98 Å². The average Bonchev–Trinajstić information content (AvgIpc) is 2.76. The second-order valence-electron chi connectivity index (χ2n) is 3.99. The molecule has 2 heterocycles. The van der Waals surface area contributed by atoms with E-state index in [1.165, 1.54) is 11.3 Å². The van der Waals surface area contributed by atoms with Gasteiger partial charge in [0.1, 0.15) is 5.15 Å². The number of piperidine rings is 1. The van der Waals surface area contributed by atoms with Gasteiger partial charge in [-0.05, 0) is 19.8 Å². The van der Waals surface area contributed by atoms with Gasteiger partial charge in [0.15, 0.2) is 5.13 Å². The molecule has 17 heavy (non-hydrogen) atoms. The maximum absolute atomic E-state index is 11.7. The average molecular weight is 275 g/mol. The van der Waals surface area contributed by atoms with Crippen LogP contribution in [-0.4, -0.2) is 30.6 Å². The number of hydrogen-bond acceptors (Lipinski definition) is 5. The first-order valence-electron chi connectivity index (χ1n) is 5.73. The zero-order chi connectivity index (χ0) is 12.3. The van der Waals surface area contributed by atoms with E-state index < -0.39 is 0 Å². The summed E-state index contributed by atoms with van der Waals surface area (Å²) in [5, 5.41) is 3.22. The van der Waals surface area contributed by atoms with E-state index >= 15 is 0 Å². The van der Waals surface area contributed by atoms with E-state index in [2.05, 4.69) is 9.88 Å². The molecule has 4 nitrogen and oxygen atoms in total. The van der Waals surface area contributed by atoms with Crippen molar-refractivity contribution in [3.63, 3.8) is 0 Å². The highest BCUT2D eigenvalue weighted by Gasteiger charge is 2.28. The van der Waals surface area contributed by atoms with Crippen LogP contribution in [0.2, 0.25) is 5.15 Å². The Morgan fingerprint density at radius 3 is 3.24 bits per heavy atom. The predicted octanol–water partition coefficient (Wildman–Crippen LogP) is 2.58. The molecule has 1 saturated heterocycles. The topological polar surface area (TPSA) is 42.4 Å². The first-order chi connectivity index (χ1) is 8.20. The summed E-state index contributed by atoms with van der Waals surface area (Å²) >= 11 is 7.32. The Labute approximate surface area is 110 Å². The van der Waals surface area contributed by atoms with Gasteiger partial charge < -0.3 is 9.64 Å². The van der Waals surface area contributed by atoms with Crippen molar-refractivity contribution in [3.8, 4) is 0 Å². The molecule has 1 aromatic rings. The molecule has 1 aromatic heterocycles. The smallest absolute Gasteiger partial charge is 0.310 e. The summed E-state index contributed by atoms with van der Waals surface area (Å²) in [4.78, 5) is 18.0. The summed E-state index contributed by atoms with van der Waals surface area (Å²) in [6, 6.07) is 0. The van der Waals surface area contributed by atoms with Crippen LogP contribution in [0.5, 0.6) is 0 Å². The van der Waals surface area contributed by atoms with Crippen LogP contribution in [0.25, 0.3) is 0 Å². The van der Waals surface area contributed by atoms with Gasteiger partial charge in [0, 0.05) is 18.5 Å². The first-order valence-corrected chi connectivity index (χ1v) is 6.99. The van der Waals surface area contributed by atoms with E-state index in [1.54, 1.807) is 0 Å². The number of nitrogens with zero attached hydrogens (tertiary/aromatic N) is 2. The fourth-order valence-electron chi connectivity index (χ4n) is 1.99. The maximum Gasteiger partial charge on any atom is 0.310 e. The molecule has 0 N–H and O–H groups in total. The lowest BCUT2D eigenvalue weighted by molar-refractivity contribution is -0.148. The zero-order valence-electron chi connectivity index (χ0n) is 9.69. The number of halogens is 1.